The Morgan fingerprint density at radius 3 is 2.32 bits per heavy atom. The number of benzene rings is 2. The second-order valence-electron chi connectivity index (χ2n) is 4.98. The number of carbonyl (C=O) groups excluding carboxylic acids is 1. The lowest BCUT2D eigenvalue weighted by atomic mass is 10.3. The SMILES string of the molecule is CCOCCOc1ccc(OCC(=O)Nc2ccc(Cl)cc2Cl)cc1. The molecular formula is C18H19Cl2NO4. The summed E-state index contributed by atoms with van der Waals surface area (Å²) in [7, 11) is 0. The summed E-state index contributed by atoms with van der Waals surface area (Å²) in [6, 6.07) is 11.9. The smallest absolute Gasteiger partial charge is 0.262 e. The van der Waals surface area contributed by atoms with Gasteiger partial charge < -0.3 is 19.5 Å². The highest BCUT2D eigenvalue weighted by molar-refractivity contribution is 6.36. The first-order valence-electron chi connectivity index (χ1n) is 7.77. The molecule has 0 aliphatic heterocycles. The zero-order chi connectivity index (χ0) is 18.1. The van der Waals surface area contributed by atoms with E-state index >= 15 is 0 Å². The fourth-order valence-corrected chi connectivity index (χ4v) is 2.38. The Morgan fingerprint density at radius 2 is 1.68 bits per heavy atom. The van der Waals surface area contributed by atoms with Crippen LogP contribution in [0.3, 0.4) is 0 Å². The molecule has 2 aromatic rings. The molecule has 5 nitrogen and oxygen atoms in total. The molecule has 2 aromatic carbocycles. The lowest BCUT2D eigenvalue weighted by molar-refractivity contribution is -0.118. The fourth-order valence-electron chi connectivity index (χ4n) is 1.92. The molecule has 0 unspecified atom stereocenters. The van der Waals surface area contributed by atoms with E-state index in [4.69, 9.17) is 37.4 Å². The van der Waals surface area contributed by atoms with Crippen LogP contribution in [0.4, 0.5) is 5.69 Å². The van der Waals surface area contributed by atoms with Crippen molar-refractivity contribution in [3.63, 3.8) is 0 Å². The summed E-state index contributed by atoms with van der Waals surface area (Å²) >= 11 is 11.8. The van der Waals surface area contributed by atoms with Crippen LogP contribution in [-0.4, -0.2) is 32.3 Å². The highest BCUT2D eigenvalue weighted by Gasteiger charge is 2.07. The van der Waals surface area contributed by atoms with E-state index in [0.717, 1.165) is 0 Å². The van der Waals surface area contributed by atoms with Crippen LogP contribution in [0.5, 0.6) is 11.5 Å². The van der Waals surface area contributed by atoms with Gasteiger partial charge in [0.25, 0.3) is 5.91 Å². The van der Waals surface area contributed by atoms with Crippen LogP contribution in [0.25, 0.3) is 0 Å². The Hall–Kier alpha value is -1.95. The molecule has 0 fully saturated rings. The molecule has 0 heterocycles. The number of hydrogen-bond donors (Lipinski definition) is 1. The van der Waals surface area contributed by atoms with Crippen molar-refractivity contribution < 1.29 is 19.0 Å². The van der Waals surface area contributed by atoms with Gasteiger partial charge in [-0.05, 0) is 49.4 Å². The lowest BCUT2D eigenvalue weighted by Gasteiger charge is -2.10. The molecule has 0 saturated heterocycles. The Labute approximate surface area is 156 Å². The molecule has 0 bridgehead atoms. The number of nitrogens with one attached hydrogen (secondary N) is 1. The Kier molecular flexibility index (Phi) is 7.85. The molecule has 0 aliphatic rings. The highest BCUT2D eigenvalue weighted by Crippen LogP contribution is 2.25. The minimum absolute atomic E-state index is 0.135. The Balaban J connectivity index is 1.77. The maximum absolute atomic E-state index is 11.9. The molecule has 2 rings (SSSR count). The van der Waals surface area contributed by atoms with Crippen molar-refractivity contribution in [3.05, 3.63) is 52.5 Å². The standard InChI is InChI=1S/C18H19Cl2NO4/c1-2-23-9-10-24-14-4-6-15(7-5-14)25-12-18(22)21-17-8-3-13(19)11-16(17)20/h3-8,11H,2,9-10,12H2,1H3,(H,21,22). The van der Waals surface area contributed by atoms with Gasteiger partial charge in [-0.2, -0.15) is 0 Å². The van der Waals surface area contributed by atoms with Gasteiger partial charge >= 0.3 is 0 Å². The third kappa shape index (κ3) is 6.82. The number of anilines is 1. The number of amides is 1. The minimum atomic E-state index is -0.318. The number of rotatable bonds is 9. The second kappa shape index (κ2) is 10.1. The normalized spacial score (nSPS) is 10.4. The van der Waals surface area contributed by atoms with E-state index in [2.05, 4.69) is 5.32 Å². The van der Waals surface area contributed by atoms with Gasteiger partial charge in [-0.3, -0.25) is 4.79 Å². The number of halogens is 2. The van der Waals surface area contributed by atoms with E-state index in [0.29, 0.717) is 47.1 Å². The molecule has 0 aromatic heterocycles. The van der Waals surface area contributed by atoms with Gasteiger partial charge in [-0.1, -0.05) is 23.2 Å². The monoisotopic (exact) mass is 383 g/mol. The van der Waals surface area contributed by atoms with Crippen LogP contribution in [0.15, 0.2) is 42.5 Å². The first kappa shape index (κ1) is 19.4. The van der Waals surface area contributed by atoms with Gasteiger partial charge in [0, 0.05) is 11.6 Å². The van der Waals surface area contributed by atoms with Gasteiger partial charge in [0.15, 0.2) is 6.61 Å². The summed E-state index contributed by atoms with van der Waals surface area (Å²) in [6.07, 6.45) is 0. The molecule has 134 valence electrons. The topological polar surface area (TPSA) is 56.8 Å². The van der Waals surface area contributed by atoms with E-state index in [-0.39, 0.29) is 12.5 Å². The van der Waals surface area contributed by atoms with Crippen LogP contribution in [0, 0.1) is 0 Å². The molecule has 1 N–H and O–H groups in total. The number of carbonyl (C=O) groups is 1. The average molecular weight is 384 g/mol. The van der Waals surface area contributed by atoms with Crippen molar-refractivity contribution in [1.82, 2.24) is 0 Å². The lowest BCUT2D eigenvalue weighted by Crippen LogP contribution is -2.20. The van der Waals surface area contributed by atoms with Crippen LogP contribution in [0.1, 0.15) is 6.92 Å². The van der Waals surface area contributed by atoms with Gasteiger partial charge in [-0.25, -0.2) is 0 Å². The quantitative estimate of drug-likeness (QED) is 0.650. The average Bonchev–Trinajstić information content (AvgIpc) is 2.60. The largest absolute Gasteiger partial charge is 0.491 e. The number of hydrogen-bond acceptors (Lipinski definition) is 4. The van der Waals surface area contributed by atoms with Crippen molar-refractivity contribution in [2.45, 2.75) is 6.92 Å². The molecule has 0 atom stereocenters. The zero-order valence-electron chi connectivity index (χ0n) is 13.8. The highest BCUT2D eigenvalue weighted by atomic mass is 35.5. The van der Waals surface area contributed by atoms with Crippen molar-refractivity contribution >= 4 is 34.8 Å². The van der Waals surface area contributed by atoms with Gasteiger partial charge in [-0.15, -0.1) is 0 Å². The van der Waals surface area contributed by atoms with E-state index in [1.807, 2.05) is 6.92 Å². The predicted molar refractivity (Wildman–Crippen MR) is 99.0 cm³/mol. The van der Waals surface area contributed by atoms with Gasteiger partial charge in [0.2, 0.25) is 0 Å². The predicted octanol–water partition coefficient (Wildman–Crippen LogP) is 4.43. The number of ether oxygens (including phenoxy) is 3. The summed E-state index contributed by atoms with van der Waals surface area (Å²) in [6.45, 7) is 3.49. The third-order valence-corrected chi connectivity index (χ3v) is 3.65. The minimum Gasteiger partial charge on any atom is -0.491 e. The molecule has 7 heteroatoms. The first-order valence-corrected chi connectivity index (χ1v) is 8.52. The van der Waals surface area contributed by atoms with Crippen LogP contribution < -0.4 is 14.8 Å². The molecule has 25 heavy (non-hydrogen) atoms. The van der Waals surface area contributed by atoms with Gasteiger partial charge in [0.05, 0.1) is 17.3 Å². The summed E-state index contributed by atoms with van der Waals surface area (Å²) in [5, 5.41) is 3.54. The van der Waals surface area contributed by atoms with E-state index in [1.165, 1.54) is 0 Å². The molecule has 0 saturated carbocycles. The third-order valence-electron chi connectivity index (χ3n) is 3.10. The van der Waals surface area contributed by atoms with Crippen LogP contribution >= 0.6 is 23.2 Å². The second-order valence-corrected chi connectivity index (χ2v) is 5.82. The molecule has 0 aliphatic carbocycles. The maximum atomic E-state index is 11.9. The zero-order valence-corrected chi connectivity index (χ0v) is 15.3. The van der Waals surface area contributed by atoms with Crippen molar-refractivity contribution in [2.24, 2.45) is 0 Å². The van der Waals surface area contributed by atoms with Crippen molar-refractivity contribution in [2.75, 3.05) is 31.7 Å². The summed E-state index contributed by atoms with van der Waals surface area (Å²) in [5.41, 5.74) is 0.484. The van der Waals surface area contributed by atoms with Gasteiger partial charge in [0.1, 0.15) is 18.1 Å². The summed E-state index contributed by atoms with van der Waals surface area (Å²) < 4.78 is 16.1. The molecular weight excluding hydrogens is 365 g/mol. The molecule has 0 radical (unpaired) electrons. The van der Waals surface area contributed by atoms with Crippen molar-refractivity contribution in [1.29, 1.82) is 0 Å². The fraction of sp³-hybridized carbons (Fsp3) is 0.278. The molecule has 0 spiro atoms. The van der Waals surface area contributed by atoms with E-state index < -0.39 is 0 Å². The van der Waals surface area contributed by atoms with Crippen LogP contribution in [0.2, 0.25) is 10.0 Å². The van der Waals surface area contributed by atoms with E-state index in [9.17, 15) is 4.79 Å². The van der Waals surface area contributed by atoms with Crippen molar-refractivity contribution in [3.8, 4) is 11.5 Å². The Morgan fingerprint density at radius 1 is 1.00 bits per heavy atom. The maximum Gasteiger partial charge on any atom is 0.262 e. The van der Waals surface area contributed by atoms with E-state index in [1.54, 1.807) is 42.5 Å². The summed E-state index contributed by atoms with van der Waals surface area (Å²) in [5.74, 6) is 0.959. The first-order chi connectivity index (χ1) is 12.1. The van der Waals surface area contributed by atoms with Crippen LogP contribution in [-0.2, 0) is 9.53 Å². The Bertz CT molecular complexity index is 692. The molecule has 1 amide bonds. The summed E-state index contributed by atoms with van der Waals surface area (Å²) in [4.78, 5) is 11.9.